The Kier molecular flexibility index (Phi) is 7.42. The van der Waals surface area contributed by atoms with E-state index < -0.39 is 20.2 Å². The molecule has 2 aromatic carbocycles. The molecule has 0 radical (unpaired) electrons. The Balaban J connectivity index is 2.03. The van der Waals surface area contributed by atoms with Gasteiger partial charge in [0, 0.05) is 13.0 Å². The molecule has 170 valence electrons. The van der Waals surface area contributed by atoms with Crippen LogP contribution in [0.1, 0.15) is 47.5 Å². The molecule has 0 bridgehead atoms. The first-order chi connectivity index (χ1) is 15.2. The highest BCUT2D eigenvalue weighted by Gasteiger charge is 2.54. The molecular formula is C27H35NO3Si. The Bertz CT molecular complexity index is 909. The van der Waals surface area contributed by atoms with Gasteiger partial charge in [-0.15, -0.1) is 0 Å². The van der Waals surface area contributed by atoms with Crippen LogP contribution in [-0.2, 0) is 13.9 Å². The van der Waals surface area contributed by atoms with E-state index in [1.807, 2.05) is 26.0 Å². The fourth-order valence-electron chi connectivity index (χ4n) is 4.84. The zero-order valence-electron chi connectivity index (χ0n) is 19.9. The van der Waals surface area contributed by atoms with Crippen LogP contribution >= 0.6 is 0 Å². The quantitative estimate of drug-likeness (QED) is 0.325. The molecule has 0 saturated heterocycles. The molecule has 0 aromatic heterocycles. The maximum absolute atomic E-state index is 10.1. The van der Waals surface area contributed by atoms with Crippen molar-refractivity contribution in [2.75, 3.05) is 6.61 Å². The number of nitrogens with zero attached hydrogens (tertiary/aromatic N) is 1. The van der Waals surface area contributed by atoms with E-state index in [1.54, 1.807) is 0 Å². The Labute approximate surface area is 194 Å². The fraction of sp³-hybridized carbons (Fsp3) is 0.444. The summed E-state index contributed by atoms with van der Waals surface area (Å²) in [6.45, 7) is 15.3. The van der Waals surface area contributed by atoms with Crippen LogP contribution in [0.2, 0.25) is 5.04 Å². The topological polar surface area (TPSA) is 51.5 Å². The highest BCUT2D eigenvalue weighted by molar-refractivity contribution is 6.99. The molecule has 1 saturated carbocycles. The third kappa shape index (κ3) is 4.60. The SMILES string of the molecule is C=C1C[C@H](O[Si](c2ccccc2)(c2ccccc2)C(C)(C)C)CC1(C#N)OC(C)OCC. The van der Waals surface area contributed by atoms with Crippen molar-refractivity contribution in [3.05, 3.63) is 72.8 Å². The molecule has 3 atom stereocenters. The molecule has 0 spiro atoms. The van der Waals surface area contributed by atoms with Gasteiger partial charge in [-0.05, 0) is 41.3 Å². The Morgan fingerprint density at radius 2 is 1.62 bits per heavy atom. The summed E-state index contributed by atoms with van der Waals surface area (Å²) in [6.07, 6.45) is 0.395. The summed E-state index contributed by atoms with van der Waals surface area (Å²) < 4.78 is 18.9. The number of benzene rings is 2. The molecule has 0 aliphatic heterocycles. The molecule has 1 aliphatic rings. The molecule has 0 amide bonds. The number of hydrogen-bond donors (Lipinski definition) is 0. The third-order valence-corrected chi connectivity index (χ3v) is 11.4. The van der Waals surface area contributed by atoms with E-state index in [2.05, 4.69) is 82.0 Å². The van der Waals surface area contributed by atoms with Crippen molar-refractivity contribution in [2.45, 2.75) is 70.5 Å². The molecule has 1 aliphatic carbocycles. The molecule has 0 N–H and O–H groups in total. The normalized spacial score (nSPS) is 22.5. The van der Waals surface area contributed by atoms with E-state index in [4.69, 9.17) is 13.9 Å². The first-order valence-electron chi connectivity index (χ1n) is 11.4. The molecular weight excluding hydrogens is 414 g/mol. The molecule has 4 nitrogen and oxygen atoms in total. The van der Waals surface area contributed by atoms with Crippen molar-refractivity contribution >= 4 is 18.7 Å². The lowest BCUT2D eigenvalue weighted by Gasteiger charge is -2.44. The number of ether oxygens (including phenoxy) is 2. The van der Waals surface area contributed by atoms with Gasteiger partial charge in [0.15, 0.2) is 11.9 Å². The van der Waals surface area contributed by atoms with Gasteiger partial charge in [0.2, 0.25) is 0 Å². The summed E-state index contributed by atoms with van der Waals surface area (Å²) in [5.41, 5.74) is -0.334. The van der Waals surface area contributed by atoms with Gasteiger partial charge < -0.3 is 13.9 Å². The van der Waals surface area contributed by atoms with Crippen LogP contribution in [0, 0.1) is 11.3 Å². The average molecular weight is 450 g/mol. The summed E-state index contributed by atoms with van der Waals surface area (Å²) in [7, 11) is -2.71. The van der Waals surface area contributed by atoms with E-state index in [9.17, 15) is 5.26 Å². The maximum atomic E-state index is 10.1. The van der Waals surface area contributed by atoms with Crippen LogP contribution in [0.15, 0.2) is 72.8 Å². The number of nitriles is 1. The summed E-state index contributed by atoms with van der Waals surface area (Å²) in [6, 6.07) is 23.5. The number of hydrogen-bond acceptors (Lipinski definition) is 4. The summed E-state index contributed by atoms with van der Waals surface area (Å²) in [5.74, 6) is 0. The van der Waals surface area contributed by atoms with Gasteiger partial charge in [-0.1, -0.05) is 88.0 Å². The van der Waals surface area contributed by atoms with E-state index in [-0.39, 0.29) is 11.1 Å². The summed E-state index contributed by atoms with van der Waals surface area (Å²) in [5, 5.41) is 12.4. The molecule has 32 heavy (non-hydrogen) atoms. The Morgan fingerprint density at radius 1 is 1.09 bits per heavy atom. The van der Waals surface area contributed by atoms with Gasteiger partial charge in [-0.2, -0.15) is 5.26 Å². The average Bonchev–Trinajstić information content (AvgIpc) is 3.07. The lowest BCUT2D eigenvalue weighted by atomic mass is 10.0. The van der Waals surface area contributed by atoms with Gasteiger partial charge in [0.05, 0.1) is 6.10 Å². The highest BCUT2D eigenvalue weighted by Crippen LogP contribution is 2.44. The van der Waals surface area contributed by atoms with E-state index >= 15 is 0 Å². The zero-order chi connectivity index (χ0) is 23.4. The fourth-order valence-corrected chi connectivity index (χ4v) is 9.52. The molecule has 3 rings (SSSR count). The lowest BCUT2D eigenvalue weighted by Crippen LogP contribution is -2.67. The van der Waals surface area contributed by atoms with Crippen LogP contribution in [0.5, 0.6) is 0 Å². The van der Waals surface area contributed by atoms with Gasteiger partial charge in [-0.3, -0.25) is 0 Å². The van der Waals surface area contributed by atoms with Crippen molar-refractivity contribution in [1.29, 1.82) is 5.26 Å². The maximum Gasteiger partial charge on any atom is 0.261 e. The Morgan fingerprint density at radius 3 is 2.06 bits per heavy atom. The predicted molar refractivity (Wildman–Crippen MR) is 131 cm³/mol. The second-order valence-electron chi connectivity index (χ2n) is 9.49. The molecule has 5 heteroatoms. The van der Waals surface area contributed by atoms with Crippen molar-refractivity contribution in [3.63, 3.8) is 0 Å². The van der Waals surface area contributed by atoms with Crippen molar-refractivity contribution in [1.82, 2.24) is 0 Å². The van der Waals surface area contributed by atoms with Crippen LogP contribution in [0.4, 0.5) is 0 Å². The zero-order valence-corrected chi connectivity index (χ0v) is 20.9. The molecule has 1 fully saturated rings. The summed E-state index contributed by atoms with van der Waals surface area (Å²) in [4.78, 5) is 0. The number of rotatable bonds is 8. The van der Waals surface area contributed by atoms with Gasteiger partial charge in [-0.25, -0.2) is 0 Å². The van der Waals surface area contributed by atoms with Crippen LogP contribution in [0.25, 0.3) is 0 Å². The van der Waals surface area contributed by atoms with Gasteiger partial charge in [0.25, 0.3) is 8.32 Å². The van der Waals surface area contributed by atoms with E-state index in [0.717, 1.165) is 5.57 Å². The Hall–Kier alpha value is -2.23. The minimum absolute atomic E-state index is 0.131. The van der Waals surface area contributed by atoms with Crippen LogP contribution in [-0.4, -0.2) is 32.9 Å². The van der Waals surface area contributed by atoms with Crippen molar-refractivity contribution in [2.24, 2.45) is 0 Å². The minimum atomic E-state index is -2.71. The van der Waals surface area contributed by atoms with Gasteiger partial charge in [0.1, 0.15) is 6.07 Å². The predicted octanol–water partition coefficient (Wildman–Crippen LogP) is 4.94. The monoisotopic (exact) mass is 449 g/mol. The first-order valence-corrected chi connectivity index (χ1v) is 13.3. The highest BCUT2D eigenvalue weighted by atomic mass is 28.4. The largest absolute Gasteiger partial charge is 0.404 e. The second-order valence-corrected chi connectivity index (χ2v) is 13.7. The van der Waals surface area contributed by atoms with Gasteiger partial charge >= 0.3 is 0 Å². The smallest absolute Gasteiger partial charge is 0.261 e. The van der Waals surface area contributed by atoms with Crippen LogP contribution < -0.4 is 10.4 Å². The molecule has 0 heterocycles. The minimum Gasteiger partial charge on any atom is -0.404 e. The van der Waals surface area contributed by atoms with Crippen molar-refractivity contribution < 1.29 is 13.9 Å². The van der Waals surface area contributed by atoms with E-state index in [1.165, 1.54) is 10.4 Å². The standard InChI is InChI=1S/C27H35NO3Si/c1-7-29-22(3)30-27(20-28)19-23(18-21(27)2)31-32(26(4,5)6,24-14-10-8-11-15-24)25-16-12-9-13-17-25/h8-17,22-23H,2,7,18-19H2,1,3-6H3/t22?,23-,27?/m0/s1. The van der Waals surface area contributed by atoms with E-state index in [0.29, 0.717) is 19.4 Å². The second kappa shape index (κ2) is 9.72. The first kappa shape index (κ1) is 24.4. The molecule has 2 aromatic rings. The molecule has 2 unspecified atom stereocenters. The summed E-state index contributed by atoms with van der Waals surface area (Å²) >= 11 is 0. The lowest BCUT2D eigenvalue weighted by molar-refractivity contribution is -0.170. The van der Waals surface area contributed by atoms with Crippen molar-refractivity contribution in [3.8, 4) is 6.07 Å². The van der Waals surface area contributed by atoms with Crippen LogP contribution in [0.3, 0.4) is 0 Å². The third-order valence-electron chi connectivity index (χ3n) is 6.27.